The van der Waals surface area contributed by atoms with Crippen LogP contribution < -0.4 is 11.1 Å². The molecule has 0 aromatic heterocycles. The zero-order valence-corrected chi connectivity index (χ0v) is 9.81. The molecule has 1 aromatic carbocycles. The Labute approximate surface area is 106 Å². The van der Waals surface area contributed by atoms with E-state index in [1.54, 1.807) is 0 Å². The van der Waals surface area contributed by atoms with Crippen LogP contribution in [-0.4, -0.2) is 26.2 Å². The summed E-state index contributed by atoms with van der Waals surface area (Å²) in [6, 6.07) is 3.37. The summed E-state index contributed by atoms with van der Waals surface area (Å²) in [6.45, 7) is -0.610. The molecule has 0 spiro atoms. The maximum Gasteiger partial charge on any atom is 0.418 e. The lowest BCUT2D eigenvalue weighted by Gasteiger charge is -2.13. The van der Waals surface area contributed by atoms with Crippen molar-refractivity contribution in [2.24, 2.45) is 0 Å². The van der Waals surface area contributed by atoms with Crippen LogP contribution in [0.5, 0.6) is 0 Å². The van der Waals surface area contributed by atoms with E-state index in [2.05, 4.69) is 10.1 Å². The zero-order valence-electron chi connectivity index (χ0n) is 9.81. The van der Waals surface area contributed by atoms with Crippen molar-refractivity contribution in [3.8, 4) is 0 Å². The molecule has 3 nitrogen and oxygen atoms in total. The average Bonchev–Trinajstić information content (AvgIpc) is 2.28. The number of rotatable bonds is 6. The van der Waals surface area contributed by atoms with Gasteiger partial charge in [-0.05, 0) is 18.2 Å². The summed E-state index contributed by atoms with van der Waals surface area (Å²) in [5, 5.41) is 2.63. The number of anilines is 2. The monoisotopic (exact) mass is 284 g/mol. The van der Waals surface area contributed by atoms with Gasteiger partial charge in [0.15, 0.2) is 0 Å². The molecular formula is C11H13F5N2O. The van der Waals surface area contributed by atoms with E-state index in [0.717, 1.165) is 12.1 Å². The summed E-state index contributed by atoms with van der Waals surface area (Å²) in [7, 11) is 0. The third kappa shape index (κ3) is 5.29. The summed E-state index contributed by atoms with van der Waals surface area (Å²) < 4.78 is 65.7. The second-order valence-corrected chi connectivity index (χ2v) is 3.69. The topological polar surface area (TPSA) is 47.3 Å². The Kier molecular flexibility index (Phi) is 5.34. The predicted octanol–water partition coefficient (Wildman–Crippen LogP) is 2.98. The smallest absolute Gasteiger partial charge is 0.398 e. The Morgan fingerprint density at radius 1 is 1.26 bits per heavy atom. The molecule has 0 saturated carbocycles. The van der Waals surface area contributed by atoms with Crippen LogP contribution in [-0.2, 0) is 10.9 Å². The number of hydrogen-bond acceptors (Lipinski definition) is 3. The highest BCUT2D eigenvalue weighted by Gasteiger charge is 2.33. The minimum Gasteiger partial charge on any atom is -0.398 e. The number of nitrogen functional groups attached to an aromatic ring is 1. The Balaban J connectivity index is 2.51. The molecule has 0 fully saturated rings. The molecule has 19 heavy (non-hydrogen) atoms. The fourth-order valence-electron chi connectivity index (χ4n) is 1.35. The molecule has 108 valence electrons. The molecule has 8 heteroatoms. The average molecular weight is 284 g/mol. The van der Waals surface area contributed by atoms with Crippen molar-refractivity contribution < 1.29 is 26.7 Å². The second kappa shape index (κ2) is 6.55. The lowest BCUT2D eigenvalue weighted by Crippen LogP contribution is -2.14. The van der Waals surface area contributed by atoms with Gasteiger partial charge >= 0.3 is 6.18 Å². The van der Waals surface area contributed by atoms with Gasteiger partial charge in [0.05, 0.1) is 12.2 Å². The molecule has 1 aromatic rings. The Morgan fingerprint density at radius 3 is 2.53 bits per heavy atom. The van der Waals surface area contributed by atoms with Crippen LogP contribution in [0.15, 0.2) is 18.2 Å². The SMILES string of the molecule is Nc1ccc(NCCOCC(F)F)cc1C(F)(F)F. The number of halogens is 5. The first-order valence-corrected chi connectivity index (χ1v) is 5.37. The molecule has 0 amide bonds. The van der Waals surface area contributed by atoms with E-state index < -0.39 is 24.8 Å². The minimum atomic E-state index is -4.53. The molecule has 0 bridgehead atoms. The van der Waals surface area contributed by atoms with E-state index >= 15 is 0 Å². The summed E-state index contributed by atoms with van der Waals surface area (Å²) in [5.41, 5.74) is 4.12. The van der Waals surface area contributed by atoms with Crippen molar-refractivity contribution in [3.05, 3.63) is 23.8 Å². The van der Waals surface area contributed by atoms with Gasteiger partial charge in [-0.3, -0.25) is 0 Å². The maximum atomic E-state index is 12.5. The van der Waals surface area contributed by atoms with Gasteiger partial charge in [-0.25, -0.2) is 8.78 Å². The highest BCUT2D eigenvalue weighted by Crippen LogP contribution is 2.34. The number of alkyl halides is 5. The van der Waals surface area contributed by atoms with E-state index in [9.17, 15) is 22.0 Å². The van der Waals surface area contributed by atoms with Crippen molar-refractivity contribution in [3.63, 3.8) is 0 Å². The molecule has 0 aliphatic carbocycles. The molecule has 3 N–H and O–H groups in total. The predicted molar refractivity (Wildman–Crippen MR) is 61.2 cm³/mol. The van der Waals surface area contributed by atoms with Gasteiger partial charge in [0.25, 0.3) is 6.43 Å². The van der Waals surface area contributed by atoms with Crippen LogP contribution in [0.3, 0.4) is 0 Å². The quantitative estimate of drug-likeness (QED) is 0.479. The number of nitrogens with two attached hydrogens (primary N) is 1. The molecule has 0 radical (unpaired) electrons. The van der Waals surface area contributed by atoms with E-state index in [1.165, 1.54) is 6.07 Å². The first-order chi connectivity index (χ1) is 8.80. The maximum absolute atomic E-state index is 12.5. The van der Waals surface area contributed by atoms with E-state index in [1.807, 2.05) is 0 Å². The Morgan fingerprint density at radius 2 is 1.95 bits per heavy atom. The first-order valence-electron chi connectivity index (χ1n) is 5.37. The zero-order chi connectivity index (χ0) is 14.5. The fourth-order valence-corrected chi connectivity index (χ4v) is 1.35. The standard InChI is InChI=1S/C11H13F5N2O/c12-10(13)6-19-4-3-18-7-1-2-9(17)8(5-7)11(14,15)16/h1-2,5,10,18H,3-4,6,17H2. The van der Waals surface area contributed by atoms with Crippen molar-refractivity contribution in [1.82, 2.24) is 0 Å². The molecule has 0 unspecified atom stereocenters. The van der Waals surface area contributed by atoms with Gasteiger partial charge in [0.1, 0.15) is 6.61 Å². The third-order valence-electron chi connectivity index (χ3n) is 2.18. The van der Waals surface area contributed by atoms with E-state index in [0.29, 0.717) is 0 Å². The summed E-state index contributed by atoms with van der Waals surface area (Å²) in [5.74, 6) is 0. The third-order valence-corrected chi connectivity index (χ3v) is 2.18. The van der Waals surface area contributed by atoms with E-state index in [4.69, 9.17) is 5.73 Å². The van der Waals surface area contributed by atoms with Gasteiger partial charge in [0.2, 0.25) is 0 Å². The highest BCUT2D eigenvalue weighted by atomic mass is 19.4. The van der Waals surface area contributed by atoms with Crippen LogP contribution >= 0.6 is 0 Å². The Bertz CT molecular complexity index is 409. The molecular weight excluding hydrogens is 271 g/mol. The molecule has 0 saturated heterocycles. The van der Waals surface area contributed by atoms with Crippen LogP contribution in [0.4, 0.5) is 33.3 Å². The summed E-state index contributed by atoms with van der Waals surface area (Å²) in [6.07, 6.45) is -7.10. The fraction of sp³-hybridized carbons (Fsp3) is 0.455. The lowest BCUT2D eigenvalue weighted by atomic mass is 10.1. The summed E-state index contributed by atoms with van der Waals surface area (Å²) in [4.78, 5) is 0. The van der Waals surface area contributed by atoms with Crippen LogP contribution in [0.25, 0.3) is 0 Å². The number of hydrogen-bond donors (Lipinski definition) is 2. The Hall–Kier alpha value is -1.57. The molecule has 0 aliphatic rings. The second-order valence-electron chi connectivity index (χ2n) is 3.69. The number of nitrogens with one attached hydrogen (secondary N) is 1. The van der Waals surface area contributed by atoms with Crippen molar-refractivity contribution in [2.45, 2.75) is 12.6 Å². The minimum absolute atomic E-state index is 0.0317. The van der Waals surface area contributed by atoms with Crippen LogP contribution in [0.1, 0.15) is 5.56 Å². The summed E-state index contributed by atoms with van der Waals surface area (Å²) >= 11 is 0. The van der Waals surface area contributed by atoms with Gasteiger partial charge in [-0.15, -0.1) is 0 Å². The first kappa shape index (κ1) is 15.5. The van der Waals surface area contributed by atoms with Crippen molar-refractivity contribution in [2.75, 3.05) is 30.8 Å². The van der Waals surface area contributed by atoms with E-state index in [-0.39, 0.29) is 24.5 Å². The molecule has 1 rings (SSSR count). The van der Waals surface area contributed by atoms with Gasteiger partial charge in [-0.1, -0.05) is 0 Å². The number of benzene rings is 1. The lowest BCUT2D eigenvalue weighted by molar-refractivity contribution is -0.136. The van der Waals surface area contributed by atoms with Crippen LogP contribution in [0, 0.1) is 0 Å². The highest BCUT2D eigenvalue weighted by molar-refractivity contribution is 5.58. The number of ether oxygens (including phenoxy) is 1. The normalized spacial score (nSPS) is 11.9. The largest absolute Gasteiger partial charge is 0.418 e. The molecule has 0 aliphatic heterocycles. The van der Waals surface area contributed by atoms with Crippen LogP contribution in [0.2, 0.25) is 0 Å². The van der Waals surface area contributed by atoms with Gasteiger partial charge < -0.3 is 15.8 Å². The van der Waals surface area contributed by atoms with Crippen molar-refractivity contribution in [1.29, 1.82) is 0 Å². The molecule has 0 atom stereocenters. The van der Waals surface area contributed by atoms with Gasteiger partial charge in [-0.2, -0.15) is 13.2 Å². The van der Waals surface area contributed by atoms with Gasteiger partial charge in [0, 0.05) is 17.9 Å². The molecule has 0 heterocycles. The van der Waals surface area contributed by atoms with Crippen molar-refractivity contribution >= 4 is 11.4 Å².